The minimum atomic E-state index is -3.78. The molecule has 0 aliphatic carbocycles. The second kappa shape index (κ2) is 8.53. The number of ether oxygens (including phenoxy) is 1. The molecular weight excluding hydrogens is 421 g/mol. The molecule has 0 radical (unpaired) electrons. The first-order chi connectivity index (χ1) is 13.7. The lowest BCUT2D eigenvalue weighted by Crippen LogP contribution is -2.26. The molecule has 0 aliphatic heterocycles. The fourth-order valence-electron chi connectivity index (χ4n) is 2.38. The smallest absolute Gasteiger partial charge is 0.323 e. The van der Waals surface area contributed by atoms with Gasteiger partial charge in [0.25, 0.3) is 0 Å². The Labute approximate surface area is 170 Å². The minimum absolute atomic E-state index is 0.0318. The minimum Gasteiger partial charge on any atom is -0.480 e. The summed E-state index contributed by atoms with van der Waals surface area (Å²) < 4.78 is 47.6. The number of halogens is 1. The summed E-state index contributed by atoms with van der Waals surface area (Å²) in [6.45, 7) is -0.348. The first kappa shape index (κ1) is 20.7. The Kier molecular flexibility index (Phi) is 6.09. The normalized spacial score (nSPS) is 11.2. The molecule has 3 aromatic rings. The zero-order chi connectivity index (χ0) is 21.0. The van der Waals surface area contributed by atoms with Gasteiger partial charge in [-0.3, -0.25) is 4.79 Å². The van der Waals surface area contributed by atoms with Crippen LogP contribution in [0, 0.1) is 5.82 Å². The Hall–Kier alpha value is -3.05. The Morgan fingerprint density at radius 1 is 1.21 bits per heavy atom. The van der Waals surface area contributed by atoms with Gasteiger partial charge < -0.3 is 14.7 Å². The van der Waals surface area contributed by atoms with E-state index in [1.165, 1.54) is 36.2 Å². The van der Waals surface area contributed by atoms with Gasteiger partial charge in [-0.05, 0) is 42.0 Å². The van der Waals surface area contributed by atoms with Gasteiger partial charge in [0.15, 0.2) is 0 Å². The highest BCUT2D eigenvalue weighted by Gasteiger charge is 2.23. The van der Waals surface area contributed by atoms with Crippen LogP contribution in [-0.2, 0) is 20.4 Å². The van der Waals surface area contributed by atoms with Crippen LogP contribution in [0.25, 0.3) is 0 Å². The summed E-state index contributed by atoms with van der Waals surface area (Å²) in [6, 6.07) is 12.0. The molecule has 1 heterocycles. The number of carboxylic acid groups (broad SMARTS) is 1. The predicted octanol–water partition coefficient (Wildman–Crippen LogP) is 2.96. The topological polar surface area (TPSA) is 110 Å². The maximum atomic E-state index is 13.0. The van der Waals surface area contributed by atoms with E-state index in [-0.39, 0.29) is 28.4 Å². The van der Waals surface area contributed by atoms with E-state index in [0.717, 1.165) is 0 Å². The lowest BCUT2D eigenvalue weighted by atomic mass is 10.2. The maximum absolute atomic E-state index is 13.0. The zero-order valence-corrected chi connectivity index (χ0v) is 16.8. The highest BCUT2D eigenvalue weighted by Crippen LogP contribution is 2.26. The average molecular weight is 437 g/mol. The van der Waals surface area contributed by atoms with E-state index in [0.29, 0.717) is 28.6 Å². The monoisotopic (exact) mass is 437 g/mol. The Morgan fingerprint density at radius 3 is 2.62 bits per heavy atom. The van der Waals surface area contributed by atoms with Gasteiger partial charge in [-0.2, -0.15) is 9.36 Å². The van der Waals surface area contributed by atoms with Crippen molar-refractivity contribution in [1.29, 1.82) is 0 Å². The van der Waals surface area contributed by atoms with Gasteiger partial charge in [0.1, 0.15) is 23.9 Å². The van der Waals surface area contributed by atoms with Gasteiger partial charge in [0.2, 0.25) is 20.1 Å². The highest BCUT2D eigenvalue weighted by atomic mass is 32.2. The molecule has 1 aromatic heterocycles. The van der Waals surface area contributed by atoms with Crippen molar-refractivity contribution in [2.45, 2.75) is 10.1 Å². The van der Waals surface area contributed by atoms with Gasteiger partial charge in [-0.25, -0.2) is 12.8 Å². The lowest BCUT2D eigenvalue weighted by Gasteiger charge is -2.10. The van der Waals surface area contributed by atoms with Crippen molar-refractivity contribution in [3.05, 3.63) is 59.9 Å². The van der Waals surface area contributed by atoms with Gasteiger partial charge in [-0.15, -0.1) is 0 Å². The Morgan fingerprint density at radius 2 is 1.93 bits per heavy atom. The summed E-state index contributed by atoms with van der Waals surface area (Å²) in [5, 5.41) is 8.81. The molecule has 0 bridgehead atoms. The highest BCUT2D eigenvalue weighted by molar-refractivity contribution is 7.92. The van der Waals surface area contributed by atoms with Crippen LogP contribution in [0.15, 0.2) is 52.9 Å². The third-order valence-electron chi connectivity index (χ3n) is 3.68. The second-order valence-corrected chi connectivity index (χ2v) is 8.99. The van der Waals surface area contributed by atoms with Gasteiger partial charge in [-0.1, -0.05) is 12.1 Å². The van der Waals surface area contributed by atoms with E-state index < -0.39 is 15.8 Å². The zero-order valence-electron chi connectivity index (χ0n) is 15.1. The number of carbonyl (C=O) groups is 1. The van der Waals surface area contributed by atoms with Gasteiger partial charge in [0.05, 0.1) is 5.75 Å². The molecule has 8 nitrogen and oxygen atoms in total. The van der Waals surface area contributed by atoms with Crippen LogP contribution < -0.4 is 9.64 Å². The fourth-order valence-corrected chi connectivity index (χ4v) is 4.54. The van der Waals surface area contributed by atoms with Crippen LogP contribution in [0.3, 0.4) is 0 Å². The predicted molar refractivity (Wildman–Crippen MR) is 105 cm³/mol. The number of anilines is 1. The van der Waals surface area contributed by atoms with Crippen LogP contribution in [0.5, 0.6) is 11.5 Å². The number of rotatable bonds is 8. The Balaban J connectivity index is 1.74. The van der Waals surface area contributed by atoms with Crippen molar-refractivity contribution in [2.75, 3.05) is 18.5 Å². The maximum Gasteiger partial charge on any atom is 0.323 e. The van der Waals surface area contributed by atoms with Gasteiger partial charge in [0, 0.05) is 18.6 Å². The Bertz CT molecular complexity index is 1120. The van der Waals surface area contributed by atoms with Crippen LogP contribution in [0.4, 0.5) is 10.3 Å². The number of likely N-dealkylation sites (N-methyl/N-ethyl adjacent to an activating group) is 1. The molecule has 0 atom stereocenters. The van der Waals surface area contributed by atoms with E-state index >= 15 is 0 Å². The average Bonchev–Trinajstić information content (AvgIpc) is 3.14. The number of sulfone groups is 1. The molecule has 2 aromatic carbocycles. The summed E-state index contributed by atoms with van der Waals surface area (Å²) >= 11 is 0.689. The number of hydrogen-bond acceptors (Lipinski definition) is 8. The summed E-state index contributed by atoms with van der Waals surface area (Å²) in [7, 11) is -2.32. The number of aliphatic carboxylic acids is 1. The van der Waals surface area contributed by atoms with Crippen LogP contribution in [0.1, 0.15) is 5.56 Å². The molecule has 0 aliphatic rings. The molecule has 0 spiro atoms. The fraction of sp³-hybridized carbons (Fsp3) is 0.167. The van der Waals surface area contributed by atoms with Crippen molar-refractivity contribution in [3.8, 4) is 11.5 Å². The van der Waals surface area contributed by atoms with E-state index in [1.807, 2.05) is 0 Å². The van der Waals surface area contributed by atoms with Crippen molar-refractivity contribution in [3.63, 3.8) is 0 Å². The van der Waals surface area contributed by atoms with Crippen LogP contribution in [-0.4, -0.2) is 42.4 Å². The molecule has 0 unspecified atom stereocenters. The number of carboxylic acids is 1. The molecular formula is C18H16FN3O5S2. The third kappa shape index (κ3) is 5.48. The molecule has 152 valence electrons. The molecule has 3 rings (SSSR count). The number of benzene rings is 2. The summed E-state index contributed by atoms with van der Waals surface area (Å²) in [6.07, 6.45) is 0. The molecule has 0 amide bonds. The SMILES string of the molecule is CN(CC(=O)O)c1nsc(S(=O)(=O)Cc2cccc(Oc3ccc(F)cc3)c2)n1. The van der Waals surface area contributed by atoms with E-state index in [2.05, 4.69) is 9.36 Å². The van der Waals surface area contributed by atoms with Crippen molar-refractivity contribution in [1.82, 2.24) is 9.36 Å². The van der Waals surface area contributed by atoms with E-state index in [1.54, 1.807) is 24.3 Å². The van der Waals surface area contributed by atoms with E-state index in [4.69, 9.17) is 9.84 Å². The molecule has 1 N–H and O–H groups in total. The van der Waals surface area contributed by atoms with Crippen LogP contribution >= 0.6 is 11.5 Å². The van der Waals surface area contributed by atoms with Crippen molar-refractivity contribution < 1.29 is 27.4 Å². The summed E-state index contributed by atoms with van der Waals surface area (Å²) in [5.41, 5.74) is 0.472. The number of nitrogens with zero attached hydrogens (tertiary/aromatic N) is 3. The molecule has 29 heavy (non-hydrogen) atoms. The molecule has 0 saturated carbocycles. The van der Waals surface area contributed by atoms with Crippen LogP contribution in [0.2, 0.25) is 0 Å². The third-order valence-corrected chi connectivity index (χ3v) is 6.51. The number of aromatic nitrogens is 2. The second-order valence-electron chi connectivity index (χ2n) is 6.07. The first-order valence-corrected chi connectivity index (χ1v) is 10.7. The first-order valence-electron chi connectivity index (χ1n) is 8.25. The van der Waals surface area contributed by atoms with E-state index in [9.17, 15) is 17.6 Å². The molecule has 0 fully saturated rings. The number of hydrogen-bond donors (Lipinski definition) is 1. The van der Waals surface area contributed by atoms with Crippen molar-refractivity contribution >= 4 is 33.3 Å². The quantitative estimate of drug-likeness (QED) is 0.573. The summed E-state index contributed by atoms with van der Waals surface area (Å²) in [5.74, 6) is -0.938. The largest absolute Gasteiger partial charge is 0.480 e. The summed E-state index contributed by atoms with van der Waals surface area (Å²) in [4.78, 5) is 16.0. The lowest BCUT2D eigenvalue weighted by molar-refractivity contribution is -0.135. The van der Waals surface area contributed by atoms with Gasteiger partial charge >= 0.3 is 5.97 Å². The molecule has 11 heteroatoms. The standard InChI is InChI=1S/C18H16FN3O5S2/c1-22(10-16(23)24)17-20-18(28-21-17)29(25,26)11-12-3-2-4-15(9-12)27-14-7-5-13(19)6-8-14/h2-9H,10-11H2,1H3,(H,23,24). The van der Waals surface area contributed by atoms with Crippen molar-refractivity contribution in [2.24, 2.45) is 0 Å². The molecule has 0 saturated heterocycles.